The Morgan fingerprint density at radius 2 is 2.00 bits per heavy atom. The first-order valence-electron chi connectivity index (χ1n) is 6.94. The van der Waals surface area contributed by atoms with E-state index in [1.807, 2.05) is 20.0 Å². The first-order valence-corrected chi connectivity index (χ1v) is 8.77. The zero-order valence-electron chi connectivity index (χ0n) is 11.8. The molecule has 20 heavy (non-hydrogen) atoms. The fourth-order valence-corrected chi connectivity index (χ4v) is 4.69. The van der Waals surface area contributed by atoms with Crippen molar-refractivity contribution < 1.29 is 8.42 Å². The summed E-state index contributed by atoms with van der Waals surface area (Å²) in [5.41, 5.74) is -0.432. The van der Waals surface area contributed by atoms with Crippen LogP contribution in [0.3, 0.4) is 0 Å². The number of nitrogens with zero attached hydrogens (tertiary/aromatic N) is 2. The molecule has 1 saturated carbocycles. The van der Waals surface area contributed by atoms with Gasteiger partial charge in [0.15, 0.2) is 9.84 Å². The number of nitrogens with one attached hydrogen (secondary N) is 2. The molecule has 1 aliphatic carbocycles. The Morgan fingerprint density at radius 3 is 2.55 bits per heavy atom. The number of sulfone groups is 1. The standard InChI is InChI=1S/C13H20N4O2S/c1-13(5-6-20(18,19)8-13)17-11-7-10(14-2)15-12(16-11)9-3-4-9/h7,9H,3-6,8H2,1-2H3,(H2,14,15,16,17). The van der Waals surface area contributed by atoms with Gasteiger partial charge in [-0.2, -0.15) is 0 Å². The molecule has 7 heteroatoms. The zero-order valence-corrected chi connectivity index (χ0v) is 12.6. The van der Waals surface area contributed by atoms with E-state index in [1.54, 1.807) is 0 Å². The molecule has 6 nitrogen and oxygen atoms in total. The first kappa shape index (κ1) is 13.6. The van der Waals surface area contributed by atoms with Crippen molar-refractivity contribution in [2.75, 3.05) is 29.2 Å². The lowest BCUT2D eigenvalue weighted by molar-refractivity contribution is 0.571. The van der Waals surface area contributed by atoms with Gasteiger partial charge >= 0.3 is 0 Å². The van der Waals surface area contributed by atoms with E-state index in [1.165, 1.54) is 0 Å². The third kappa shape index (κ3) is 2.87. The van der Waals surface area contributed by atoms with Gasteiger partial charge in [0.2, 0.25) is 0 Å². The van der Waals surface area contributed by atoms with Crippen molar-refractivity contribution in [2.45, 2.75) is 37.6 Å². The van der Waals surface area contributed by atoms with Gasteiger partial charge in [-0.1, -0.05) is 0 Å². The fourth-order valence-electron chi connectivity index (χ4n) is 2.60. The normalized spacial score (nSPS) is 28.3. The molecule has 0 bridgehead atoms. The van der Waals surface area contributed by atoms with Gasteiger partial charge in [-0.15, -0.1) is 0 Å². The maximum Gasteiger partial charge on any atom is 0.152 e. The van der Waals surface area contributed by atoms with Gasteiger partial charge in [-0.25, -0.2) is 18.4 Å². The highest BCUT2D eigenvalue weighted by molar-refractivity contribution is 7.91. The van der Waals surface area contributed by atoms with Crippen molar-refractivity contribution in [3.05, 3.63) is 11.9 Å². The summed E-state index contributed by atoms with van der Waals surface area (Å²) in [6, 6.07) is 1.84. The van der Waals surface area contributed by atoms with Crippen LogP contribution in [0.5, 0.6) is 0 Å². The molecule has 1 saturated heterocycles. The molecule has 1 aromatic rings. The average Bonchev–Trinajstić information content (AvgIpc) is 3.16. The van der Waals surface area contributed by atoms with Crippen LogP contribution in [0, 0.1) is 0 Å². The van der Waals surface area contributed by atoms with Gasteiger partial charge in [0.05, 0.1) is 17.0 Å². The highest BCUT2D eigenvalue weighted by atomic mass is 32.2. The number of anilines is 2. The molecule has 0 aromatic carbocycles. The van der Waals surface area contributed by atoms with Crippen LogP contribution in [0.2, 0.25) is 0 Å². The molecule has 2 aliphatic rings. The van der Waals surface area contributed by atoms with Crippen molar-refractivity contribution in [2.24, 2.45) is 0 Å². The molecule has 1 atom stereocenters. The zero-order chi connectivity index (χ0) is 14.4. The van der Waals surface area contributed by atoms with Crippen LogP contribution in [0.1, 0.15) is 37.9 Å². The second-order valence-electron chi connectivity index (χ2n) is 6.05. The van der Waals surface area contributed by atoms with Crippen molar-refractivity contribution in [3.8, 4) is 0 Å². The van der Waals surface area contributed by atoms with E-state index >= 15 is 0 Å². The average molecular weight is 296 g/mol. The smallest absolute Gasteiger partial charge is 0.152 e. The highest BCUT2D eigenvalue weighted by Crippen LogP contribution is 2.39. The van der Waals surface area contributed by atoms with Gasteiger partial charge in [0, 0.05) is 19.0 Å². The summed E-state index contributed by atoms with van der Waals surface area (Å²) in [7, 11) is -1.10. The monoisotopic (exact) mass is 296 g/mol. The number of hydrogen-bond acceptors (Lipinski definition) is 6. The molecule has 2 fully saturated rings. The molecule has 0 spiro atoms. The number of rotatable bonds is 4. The van der Waals surface area contributed by atoms with E-state index in [9.17, 15) is 8.42 Å². The molecule has 0 amide bonds. The second kappa shape index (κ2) is 4.58. The summed E-state index contributed by atoms with van der Waals surface area (Å²) in [5.74, 6) is 3.21. The SMILES string of the molecule is CNc1cc(NC2(C)CCS(=O)(=O)C2)nc(C2CC2)n1. The van der Waals surface area contributed by atoms with Crippen molar-refractivity contribution in [3.63, 3.8) is 0 Å². The summed E-state index contributed by atoms with van der Waals surface area (Å²) in [5, 5.41) is 6.34. The van der Waals surface area contributed by atoms with E-state index in [2.05, 4.69) is 20.6 Å². The van der Waals surface area contributed by atoms with E-state index in [4.69, 9.17) is 0 Å². The Bertz CT molecular complexity index is 627. The molecule has 1 unspecified atom stereocenters. The molecule has 2 N–H and O–H groups in total. The first-order chi connectivity index (χ1) is 9.39. The van der Waals surface area contributed by atoms with E-state index in [-0.39, 0.29) is 11.5 Å². The Hall–Kier alpha value is -1.37. The predicted octanol–water partition coefficient (Wildman–Crippen LogP) is 1.38. The minimum Gasteiger partial charge on any atom is -0.373 e. The lowest BCUT2D eigenvalue weighted by Gasteiger charge is -2.25. The maximum absolute atomic E-state index is 11.7. The summed E-state index contributed by atoms with van der Waals surface area (Å²) in [6.07, 6.45) is 2.89. The quantitative estimate of drug-likeness (QED) is 0.873. The molecule has 0 radical (unpaired) electrons. The maximum atomic E-state index is 11.7. The third-order valence-corrected chi connectivity index (χ3v) is 5.78. The molecule has 1 aliphatic heterocycles. The fraction of sp³-hybridized carbons (Fsp3) is 0.692. The van der Waals surface area contributed by atoms with Crippen LogP contribution in [0.25, 0.3) is 0 Å². The largest absolute Gasteiger partial charge is 0.373 e. The Balaban J connectivity index is 1.85. The van der Waals surface area contributed by atoms with Crippen molar-refractivity contribution >= 4 is 21.5 Å². The lowest BCUT2D eigenvalue weighted by atomic mass is 10.0. The van der Waals surface area contributed by atoms with Gasteiger partial charge in [-0.05, 0) is 26.2 Å². The molecule has 3 rings (SSSR count). The topological polar surface area (TPSA) is 84.0 Å². The number of aromatic nitrogens is 2. The second-order valence-corrected chi connectivity index (χ2v) is 8.23. The molecule has 2 heterocycles. The van der Waals surface area contributed by atoms with Crippen molar-refractivity contribution in [1.82, 2.24) is 9.97 Å². The van der Waals surface area contributed by atoms with Gasteiger partial charge in [-0.3, -0.25) is 0 Å². The molecule has 110 valence electrons. The van der Waals surface area contributed by atoms with Crippen LogP contribution in [0.15, 0.2) is 6.07 Å². The van der Waals surface area contributed by atoms with E-state index in [0.29, 0.717) is 18.2 Å². The van der Waals surface area contributed by atoms with Crippen LogP contribution < -0.4 is 10.6 Å². The predicted molar refractivity (Wildman–Crippen MR) is 78.9 cm³/mol. The molecular formula is C13H20N4O2S. The minimum absolute atomic E-state index is 0.164. The Morgan fingerprint density at radius 1 is 1.30 bits per heavy atom. The highest BCUT2D eigenvalue weighted by Gasteiger charge is 2.39. The van der Waals surface area contributed by atoms with Gasteiger partial charge in [0.1, 0.15) is 17.5 Å². The summed E-state index contributed by atoms with van der Waals surface area (Å²) < 4.78 is 23.3. The summed E-state index contributed by atoms with van der Waals surface area (Å²) in [6.45, 7) is 1.94. The van der Waals surface area contributed by atoms with E-state index < -0.39 is 15.4 Å². The Kier molecular flexibility index (Phi) is 3.12. The lowest BCUT2D eigenvalue weighted by Crippen LogP contribution is -2.36. The van der Waals surface area contributed by atoms with Crippen LogP contribution in [-0.4, -0.2) is 42.5 Å². The summed E-state index contributed by atoms with van der Waals surface area (Å²) >= 11 is 0. The van der Waals surface area contributed by atoms with Gasteiger partial charge < -0.3 is 10.6 Å². The van der Waals surface area contributed by atoms with Crippen LogP contribution in [0.4, 0.5) is 11.6 Å². The molecular weight excluding hydrogens is 276 g/mol. The number of hydrogen-bond donors (Lipinski definition) is 2. The molecule has 1 aromatic heterocycles. The third-order valence-electron chi connectivity index (χ3n) is 3.88. The van der Waals surface area contributed by atoms with E-state index in [0.717, 1.165) is 24.5 Å². The minimum atomic E-state index is -2.93. The Labute approximate surface area is 119 Å². The van der Waals surface area contributed by atoms with Gasteiger partial charge in [0.25, 0.3) is 0 Å². The van der Waals surface area contributed by atoms with Crippen LogP contribution in [-0.2, 0) is 9.84 Å². The van der Waals surface area contributed by atoms with Crippen LogP contribution >= 0.6 is 0 Å². The summed E-state index contributed by atoms with van der Waals surface area (Å²) in [4.78, 5) is 9.00. The van der Waals surface area contributed by atoms with Crippen molar-refractivity contribution in [1.29, 1.82) is 0 Å².